The van der Waals surface area contributed by atoms with Crippen LogP contribution in [0.1, 0.15) is 185 Å². The molecule has 2 amide bonds. The van der Waals surface area contributed by atoms with E-state index in [-0.39, 0.29) is 74.7 Å². The van der Waals surface area contributed by atoms with Crippen molar-refractivity contribution in [2.45, 2.75) is 209 Å². The Hall–Kier alpha value is -3.78. The van der Waals surface area contributed by atoms with E-state index in [9.17, 15) is 19.2 Å². The number of Topliss-reactive ketones (excluding diaryl/α,β-unsaturated/α-hetero) is 1. The van der Waals surface area contributed by atoms with Crippen LogP contribution in [0.15, 0.2) is 41.5 Å². The molecule has 7 aliphatic rings. The fourth-order valence-electron chi connectivity index (χ4n) is 16.2. The lowest BCUT2D eigenvalue weighted by Crippen LogP contribution is -2.69. The van der Waals surface area contributed by atoms with Crippen LogP contribution in [0.4, 0.5) is 4.79 Å². The van der Waals surface area contributed by atoms with Crippen LogP contribution < -0.4 is 10.6 Å². The Balaban J connectivity index is 0.00000210. The number of hydrogen-bond acceptors (Lipinski definition) is 8. The quantitative estimate of drug-likeness (QED) is 0.245. The van der Waals surface area contributed by atoms with E-state index in [2.05, 4.69) is 103 Å². The van der Waals surface area contributed by atoms with E-state index in [0.29, 0.717) is 37.0 Å². The standard InChI is InChI=1S/C55H82N2O6.CO2/c1-34(2)43-39(58)33-55(56-46(60)54(25-17-14-18-26-54)57-47(61)63-48(3,4)5)30-29-52(11)37(44(43)55)21-22-41-51(10)27-24-42(50(8,9)40(51)23-28-53(41,52)12)62-45(59)38-32-36(49(38,6)7)31-35-19-15-13-16-20-35;2-1-3/h13,15-16,19-20,34,36-38,40-42H,14,17-18,21-33H2,1-12H3,(H,56,60)(H,57,61);/t36-,37-,38-,40+,41-,42+,51+,52-,53-,55-;/m1./s1. The monoisotopic (exact) mass is 911 g/mol. The molecule has 0 saturated heterocycles. The maximum atomic E-state index is 14.9. The Morgan fingerprint density at radius 1 is 0.773 bits per heavy atom. The number of carbonyl (C=O) groups excluding carboxylic acids is 6. The molecule has 0 spiro atoms. The number of esters is 1. The van der Waals surface area contributed by atoms with E-state index in [0.717, 1.165) is 89.0 Å². The molecule has 0 radical (unpaired) electrons. The van der Waals surface area contributed by atoms with E-state index < -0.39 is 22.8 Å². The number of rotatable bonds is 8. The van der Waals surface area contributed by atoms with Crippen LogP contribution in [0.2, 0.25) is 0 Å². The van der Waals surface area contributed by atoms with E-state index in [1.807, 2.05) is 20.8 Å². The van der Waals surface area contributed by atoms with Crippen molar-refractivity contribution in [3.8, 4) is 0 Å². The summed E-state index contributed by atoms with van der Waals surface area (Å²) in [5.41, 5.74) is 0.805. The first-order valence-electron chi connectivity index (χ1n) is 25.6. The molecule has 6 fully saturated rings. The predicted molar refractivity (Wildman–Crippen MR) is 253 cm³/mol. The molecule has 0 aromatic heterocycles. The molecular formula is C56H82N2O8. The number of benzene rings is 1. The Morgan fingerprint density at radius 3 is 2.03 bits per heavy atom. The third kappa shape index (κ3) is 8.33. The van der Waals surface area contributed by atoms with Crippen LogP contribution in [0.5, 0.6) is 0 Å². The van der Waals surface area contributed by atoms with Gasteiger partial charge in [-0.2, -0.15) is 9.59 Å². The van der Waals surface area contributed by atoms with Gasteiger partial charge in [0, 0.05) is 11.8 Å². The number of amides is 2. The Bertz CT molecular complexity index is 2100. The summed E-state index contributed by atoms with van der Waals surface area (Å²) in [5.74, 6) is 1.59. The molecule has 10 nitrogen and oxygen atoms in total. The summed E-state index contributed by atoms with van der Waals surface area (Å²) in [6, 6.07) is 10.7. The lowest BCUT2D eigenvalue weighted by atomic mass is 9.33. The maximum absolute atomic E-state index is 14.9. The number of fused-ring (bicyclic) bond motifs is 7. The van der Waals surface area contributed by atoms with Gasteiger partial charge >= 0.3 is 18.2 Å². The summed E-state index contributed by atoms with van der Waals surface area (Å²) < 4.78 is 12.4. The Morgan fingerprint density at radius 2 is 1.42 bits per heavy atom. The first-order valence-corrected chi connectivity index (χ1v) is 25.6. The normalized spacial score (nSPS) is 37.2. The minimum absolute atomic E-state index is 0.00723. The molecular weight excluding hydrogens is 829 g/mol. The number of hydrogen-bond donors (Lipinski definition) is 2. The predicted octanol–water partition coefficient (Wildman–Crippen LogP) is 11.3. The number of ketones is 1. The maximum Gasteiger partial charge on any atom is 0.408 e. The zero-order valence-corrected chi connectivity index (χ0v) is 42.5. The highest BCUT2D eigenvalue weighted by Gasteiger charge is 2.71. The van der Waals surface area contributed by atoms with Crippen LogP contribution in [-0.4, -0.2) is 52.7 Å². The van der Waals surface area contributed by atoms with Crippen molar-refractivity contribution in [1.82, 2.24) is 10.6 Å². The van der Waals surface area contributed by atoms with Crippen LogP contribution >= 0.6 is 0 Å². The molecule has 2 N–H and O–H groups in total. The van der Waals surface area contributed by atoms with Crippen molar-refractivity contribution >= 4 is 29.9 Å². The van der Waals surface area contributed by atoms with Gasteiger partial charge in [0.1, 0.15) is 17.2 Å². The highest BCUT2D eigenvalue weighted by molar-refractivity contribution is 6.03. The number of nitrogens with one attached hydrogen (secondary N) is 2. The fourth-order valence-corrected chi connectivity index (χ4v) is 16.2. The van der Waals surface area contributed by atoms with Gasteiger partial charge in [-0.05, 0) is 166 Å². The van der Waals surface area contributed by atoms with Gasteiger partial charge < -0.3 is 20.1 Å². The van der Waals surface area contributed by atoms with Gasteiger partial charge in [-0.3, -0.25) is 14.4 Å². The van der Waals surface area contributed by atoms with Gasteiger partial charge in [0.25, 0.3) is 0 Å². The van der Waals surface area contributed by atoms with Crippen molar-refractivity contribution in [2.24, 2.45) is 62.6 Å². The molecule has 1 aromatic carbocycles. The summed E-state index contributed by atoms with van der Waals surface area (Å²) in [4.78, 5) is 73.0. The Labute approximate surface area is 395 Å². The smallest absolute Gasteiger partial charge is 0.408 e. The fraction of sp³-hybridized carbons (Fsp3) is 0.768. The lowest BCUT2D eigenvalue weighted by molar-refractivity contribution is -0.235. The molecule has 6 saturated carbocycles. The average Bonchev–Trinajstić information content (AvgIpc) is 3.52. The van der Waals surface area contributed by atoms with Crippen molar-refractivity contribution in [2.75, 3.05) is 0 Å². The molecule has 0 aliphatic heterocycles. The summed E-state index contributed by atoms with van der Waals surface area (Å²) in [5, 5.41) is 6.69. The van der Waals surface area contributed by atoms with E-state index in [1.54, 1.807) is 0 Å². The third-order valence-corrected chi connectivity index (χ3v) is 19.9. The van der Waals surface area contributed by atoms with Gasteiger partial charge in [-0.25, -0.2) is 4.79 Å². The SMILES string of the molecule is CC(C)C1=C2[C@H]3CC[C@@H]4[C@@]5(C)CC[C@H](OC(=O)[C@H]6C[C@@H](Cc7ccccc7)C6(C)C)C(C)(C)[C@@H]5CC[C@@]4(C)[C@]3(C)CC[C@@]2(NC(=O)C2(NC(=O)OC(C)(C)C)CCCCC2)CC1=O.O=C=O. The molecule has 66 heavy (non-hydrogen) atoms. The number of allylic oxidation sites excluding steroid dienone is 1. The van der Waals surface area contributed by atoms with E-state index >= 15 is 0 Å². The second kappa shape index (κ2) is 17.6. The number of alkyl carbamates (subject to hydrolysis) is 1. The lowest BCUT2D eigenvalue weighted by Gasteiger charge is -2.72. The van der Waals surface area contributed by atoms with Crippen LogP contribution in [0.25, 0.3) is 0 Å². The van der Waals surface area contributed by atoms with Crippen molar-refractivity contribution in [3.63, 3.8) is 0 Å². The summed E-state index contributed by atoms with van der Waals surface area (Å²) in [6.07, 6.45) is 13.5. The summed E-state index contributed by atoms with van der Waals surface area (Å²) in [6.45, 7) is 26.9. The van der Waals surface area contributed by atoms with Crippen molar-refractivity contribution in [3.05, 3.63) is 47.0 Å². The van der Waals surface area contributed by atoms with E-state index in [1.165, 1.54) is 11.1 Å². The minimum Gasteiger partial charge on any atom is -0.462 e. The largest absolute Gasteiger partial charge is 0.462 e. The van der Waals surface area contributed by atoms with Crippen molar-refractivity contribution in [1.29, 1.82) is 0 Å². The highest BCUT2D eigenvalue weighted by atomic mass is 16.6. The molecule has 1 aromatic rings. The number of ether oxygens (including phenoxy) is 2. The first kappa shape index (κ1) is 50.1. The molecule has 7 aliphatic carbocycles. The van der Waals surface area contributed by atoms with Gasteiger partial charge in [-0.15, -0.1) is 0 Å². The van der Waals surface area contributed by atoms with Crippen molar-refractivity contribution < 1.29 is 38.2 Å². The van der Waals surface area contributed by atoms with Gasteiger partial charge in [0.2, 0.25) is 5.91 Å². The highest BCUT2D eigenvalue weighted by Crippen LogP contribution is 2.76. The summed E-state index contributed by atoms with van der Waals surface area (Å²) in [7, 11) is 0. The van der Waals surface area contributed by atoms with Gasteiger partial charge in [-0.1, -0.05) is 112 Å². The molecule has 10 heteroatoms. The zero-order chi connectivity index (χ0) is 48.5. The van der Waals surface area contributed by atoms with Crippen LogP contribution in [0, 0.1) is 62.6 Å². The van der Waals surface area contributed by atoms with Gasteiger partial charge in [0.15, 0.2) is 5.78 Å². The molecule has 0 heterocycles. The zero-order valence-electron chi connectivity index (χ0n) is 42.5. The molecule has 0 bridgehead atoms. The Kier molecular flexibility index (Phi) is 13.4. The molecule has 10 atom stereocenters. The minimum atomic E-state index is -1.07. The molecule has 364 valence electrons. The molecule has 0 unspecified atom stereocenters. The molecule has 8 rings (SSSR count). The average molecular weight is 911 g/mol. The second-order valence-corrected chi connectivity index (χ2v) is 25.4. The van der Waals surface area contributed by atoms with Crippen LogP contribution in [-0.2, 0) is 39.9 Å². The number of carbonyl (C=O) groups is 4. The third-order valence-electron chi connectivity index (χ3n) is 19.9. The second-order valence-electron chi connectivity index (χ2n) is 25.4. The van der Waals surface area contributed by atoms with Crippen LogP contribution in [0.3, 0.4) is 0 Å². The summed E-state index contributed by atoms with van der Waals surface area (Å²) >= 11 is 0. The first-order chi connectivity index (χ1) is 30.7. The van der Waals surface area contributed by atoms with E-state index in [4.69, 9.17) is 19.1 Å². The topological polar surface area (TPSA) is 145 Å². The van der Waals surface area contributed by atoms with Gasteiger partial charge in [0.05, 0.1) is 11.5 Å².